The predicted octanol–water partition coefficient (Wildman–Crippen LogP) is 3.46. The highest BCUT2D eigenvalue weighted by atomic mass is 79.9. The van der Waals surface area contributed by atoms with E-state index in [0.29, 0.717) is 0 Å². The van der Waals surface area contributed by atoms with Crippen LogP contribution in [0, 0.1) is 0 Å². The molecule has 2 heterocycles. The highest BCUT2D eigenvalue weighted by molar-refractivity contribution is 9.10. The van der Waals surface area contributed by atoms with Crippen LogP contribution in [0.2, 0.25) is 0 Å². The van der Waals surface area contributed by atoms with Gasteiger partial charge in [0, 0.05) is 23.0 Å². The molecule has 112 valence electrons. The summed E-state index contributed by atoms with van der Waals surface area (Å²) in [6, 6.07) is 11.8. The minimum Gasteiger partial charge on any atom is -0.248 e. The van der Waals surface area contributed by atoms with Crippen LogP contribution in [-0.4, -0.2) is 30.0 Å². The molecule has 4 rings (SSSR count). The Kier molecular flexibility index (Phi) is 4.21. The van der Waals surface area contributed by atoms with Crippen molar-refractivity contribution in [2.45, 2.75) is 0 Å². The standard InChI is InChI=1S/2C7H6BrN3/c1-11-7-3-2-5(8)4-6(7)9-10-11;1-11-7-4-5(8)2-3-6(7)9-10-11/h2*2-4H,1H3. The fourth-order valence-electron chi connectivity index (χ4n) is 2.02. The van der Waals surface area contributed by atoms with Crippen molar-refractivity contribution in [1.82, 2.24) is 30.0 Å². The van der Waals surface area contributed by atoms with Gasteiger partial charge in [-0.05, 0) is 36.4 Å². The van der Waals surface area contributed by atoms with Crippen molar-refractivity contribution < 1.29 is 0 Å². The summed E-state index contributed by atoms with van der Waals surface area (Å²) in [6.45, 7) is 0. The van der Waals surface area contributed by atoms with Crippen molar-refractivity contribution in [3.8, 4) is 0 Å². The van der Waals surface area contributed by atoms with E-state index in [1.165, 1.54) is 0 Å². The van der Waals surface area contributed by atoms with Crippen LogP contribution in [0.15, 0.2) is 45.3 Å². The van der Waals surface area contributed by atoms with Gasteiger partial charge in [0.05, 0.1) is 11.0 Å². The molecular formula is C14H12Br2N6. The molecule has 0 saturated carbocycles. The molecule has 22 heavy (non-hydrogen) atoms. The van der Waals surface area contributed by atoms with Gasteiger partial charge in [-0.3, -0.25) is 0 Å². The first-order valence-electron chi connectivity index (χ1n) is 6.44. The Bertz CT molecular complexity index is 943. The summed E-state index contributed by atoms with van der Waals surface area (Å²) < 4.78 is 5.59. The molecule has 0 bridgehead atoms. The molecule has 0 aliphatic rings. The quantitative estimate of drug-likeness (QED) is 0.434. The van der Waals surface area contributed by atoms with Crippen molar-refractivity contribution >= 4 is 53.9 Å². The van der Waals surface area contributed by atoms with E-state index in [-0.39, 0.29) is 0 Å². The minimum atomic E-state index is 0.918. The average Bonchev–Trinajstić information content (AvgIpc) is 3.04. The molecular weight excluding hydrogens is 412 g/mol. The van der Waals surface area contributed by atoms with Crippen LogP contribution >= 0.6 is 31.9 Å². The van der Waals surface area contributed by atoms with Gasteiger partial charge < -0.3 is 0 Å². The molecule has 2 aromatic carbocycles. The van der Waals surface area contributed by atoms with E-state index in [9.17, 15) is 0 Å². The summed E-state index contributed by atoms with van der Waals surface area (Å²) in [5.74, 6) is 0. The van der Waals surface area contributed by atoms with E-state index >= 15 is 0 Å². The van der Waals surface area contributed by atoms with E-state index in [1.54, 1.807) is 9.36 Å². The molecule has 8 heteroatoms. The number of aryl methyl sites for hydroxylation is 2. The summed E-state index contributed by atoms with van der Waals surface area (Å²) in [5.41, 5.74) is 3.94. The molecule has 0 amide bonds. The van der Waals surface area contributed by atoms with E-state index in [1.807, 2.05) is 50.5 Å². The van der Waals surface area contributed by atoms with Gasteiger partial charge in [0.15, 0.2) is 0 Å². The molecule has 0 fully saturated rings. The lowest BCUT2D eigenvalue weighted by atomic mass is 10.3. The zero-order chi connectivity index (χ0) is 15.7. The third kappa shape index (κ3) is 3.02. The summed E-state index contributed by atoms with van der Waals surface area (Å²) >= 11 is 6.75. The molecule has 0 radical (unpaired) electrons. The van der Waals surface area contributed by atoms with E-state index < -0.39 is 0 Å². The van der Waals surface area contributed by atoms with Crippen LogP contribution in [0.25, 0.3) is 22.1 Å². The third-order valence-corrected chi connectivity index (χ3v) is 4.13. The number of benzene rings is 2. The first kappa shape index (κ1) is 15.1. The Hall–Kier alpha value is -1.80. The molecule has 0 spiro atoms. The lowest BCUT2D eigenvalue weighted by molar-refractivity contribution is 0.736. The lowest BCUT2D eigenvalue weighted by Gasteiger charge is -1.91. The molecule has 0 aliphatic carbocycles. The average molecular weight is 424 g/mol. The zero-order valence-corrected chi connectivity index (χ0v) is 15.1. The summed E-state index contributed by atoms with van der Waals surface area (Å²) in [7, 11) is 3.75. The monoisotopic (exact) mass is 422 g/mol. The highest BCUT2D eigenvalue weighted by Crippen LogP contribution is 2.17. The molecule has 0 N–H and O–H groups in total. The van der Waals surface area contributed by atoms with Crippen LogP contribution in [-0.2, 0) is 14.1 Å². The van der Waals surface area contributed by atoms with Crippen LogP contribution in [0.4, 0.5) is 0 Å². The SMILES string of the molecule is Cn1nnc2cc(Br)ccc21.Cn1nnc2ccc(Br)cc21. The number of rotatable bonds is 0. The molecule has 0 unspecified atom stereocenters. The molecule has 2 aromatic heterocycles. The number of hydrogen-bond acceptors (Lipinski definition) is 4. The second kappa shape index (κ2) is 6.13. The van der Waals surface area contributed by atoms with Crippen LogP contribution in [0.5, 0.6) is 0 Å². The summed E-state index contributed by atoms with van der Waals surface area (Å²) in [6.07, 6.45) is 0. The largest absolute Gasteiger partial charge is 0.248 e. The molecule has 0 aliphatic heterocycles. The highest BCUT2D eigenvalue weighted by Gasteiger charge is 2.00. The zero-order valence-electron chi connectivity index (χ0n) is 11.9. The normalized spacial score (nSPS) is 10.7. The van der Waals surface area contributed by atoms with Gasteiger partial charge in [-0.25, -0.2) is 9.36 Å². The maximum absolute atomic E-state index is 3.96. The van der Waals surface area contributed by atoms with Crippen molar-refractivity contribution in [2.24, 2.45) is 14.1 Å². The fourth-order valence-corrected chi connectivity index (χ4v) is 2.72. The Morgan fingerprint density at radius 3 is 2.09 bits per heavy atom. The van der Waals surface area contributed by atoms with Gasteiger partial charge in [-0.15, -0.1) is 10.2 Å². The van der Waals surface area contributed by atoms with Gasteiger partial charge >= 0.3 is 0 Å². The first-order valence-corrected chi connectivity index (χ1v) is 8.03. The number of fused-ring (bicyclic) bond motifs is 2. The number of nitrogens with zero attached hydrogens (tertiary/aromatic N) is 6. The second-order valence-corrected chi connectivity index (χ2v) is 6.52. The Labute approximate surface area is 143 Å². The van der Waals surface area contributed by atoms with Gasteiger partial charge in [0.25, 0.3) is 0 Å². The van der Waals surface area contributed by atoms with Crippen molar-refractivity contribution in [3.63, 3.8) is 0 Å². The minimum absolute atomic E-state index is 0.918. The van der Waals surface area contributed by atoms with Gasteiger partial charge in [0.2, 0.25) is 0 Å². The number of hydrogen-bond donors (Lipinski definition) is 0. The Morgan fingerprint density at radius 1 is 0.727 bits per heavy atom. The maximum atomic E-state index is 3.96. The van der Waals surface area contributed by atoms with Crippen LogP contribution in [0.3, 0.4) is 0 Å². The smallest absolute Gasteiger partial charge is 0.114 e. The summed E-state index contributed by atoms with van der Waals surface area (Å²) in [4.78, 5) is 0. The van der Waals surface area contributed by atoms with Crippen LogP contribution in [0.1, 0.15) is 0 Å². The number of aromatic nitrogens is 6. The number of halogens is 2. The Morgan fingerprint density at radius 2 is 1.32 bits per heavy atom. The predicted molar refractivity (Wildman–Crippen MR) is 92.4 cm³/mol. The topological polar surface area (TPSA) is 61.4 Å². The molecule has 0 saturated heterocycles. The van der Waals surface area contributed by atoms with E-state index in [0.717, 1.165) is 31.0 Å². The summed E-state index contributed by atoms with van der Waals surface area (Å²) in [5, 5.41) is 15.7. The van der Waals surface area contributed by atoms with Crippen molar-refractivity contribution in [3.05, 3.63) is 45.3 Å². The fraction of sp³-hybridized carbons (Fsp3) is 0.143. The molecule has 6 nitrogen and oxygen atoms in total. The van der Waals surface area contributed by atoms with Crippen molar-refractivity contribution in [2.75, 3.05) is 0 Å². The lowest BCUT2D eigenvalue weighted by Crippen LogP contribution is -1.88. The van der Waals surface area contributed by atoms with E-state index in [2.05, 4.69) is 52.5 Å². The molecule has 0 atom stereocenters. The van der Waals surface area contributed by atoms with E-state index in [4.69, 9.17) is 0 Å². The van der Waals surface area contributed by atoms with Crippen LogP contribution < -0.4 is 0 Å². The Balaban J connectivity index is 0.000000131. The van der Waals surface area contributed by atoms with Gasteiger partial charge in [0.1, 0.15) is 11.0 Å². The van der Waals surface area contributed by atoms with Gasteiger partial charge in [-0.1, -0.05) is 42.3 Å². The third-order valence-electron chi connectivity index (χ3n) is 3.15. The van der Waals surface area contributed by atoms with Crippen molar-refractivity contribution in [1.29, 1.82) is 0 Å². The van der Waals surface area contributed by atoms with Gasteiger partial charge in [-0.2, -0.15) is 0 Å². The molecule has 4 aromatic rings. The first-order chi connectivity index (χ1) is 10.5. The maximum Gasteiger partial charge on any atom is 0.114 e. The second-order valence-electron chi connectivity index (χ2n) is 4.69.